The van der Waals surface area contributed by atoms with E-state index in [9.17, 15) is 4.79 Å². The Hall–Kier alpha value is -0.870. The predicted octanol–water partition coefficient (Wildman–Crippen LogP) is 6.25. The van der Waals surface area contributed by atoms with Gasteiger partial charge < -0.3 is 9.47 Å². The normalized spacial score (nSPS) is 54.0. The molecule has 0 aromatic carbocycles. The van der Waals surface area contributed by atoms with E-state index in [1.54, 1.807) is 5.57 Å². The lowest BCUT2D eigenvalue weighted by molar-refractivity contribution is -0.151. The molecule has 0 aromatic rings. The highest BCUT2D eigenvalue weighted by molar-refractivity contribution is 5.69. The number of piperidine rings is 1. The van der Waals surface area contributed by atoms with E-state index in [4.69, 9.17) is 9.47 Å². The number of carbonyl (C=O) groups is 1. The van der Waals surface area contributed by atoms with Crippen LogP contribution in [0.25, 0.3) is 0 Å². The van der Waals surface area contributed by atoms with Gasteiger partial charge in [0.2, 0.25) is 0 Å². The van der Waals surface area contributed by atoms with E-state index < -0.39 is 0 Å². The highest BCUT2D eigenvalue weighted by Gasteiger charge is 2.68. The number of hydrogen-bond acceptors (Lipinski definition) is 4. The molecule has 1 spiro atoms. The lowest BCUT2D eigenvalue weighted by atomic mass is 9.47. The SMILES string of the molecule is CCC(=O)OC1CCC2(C)C(=CCC3C2CCC2(C)C3CC3OC4(CCC(C)CN4)C(C)C32)C1. The standard InChI is InChI=1S/C30H47NO3/c1-6-26(32)33-21-10-12-28(4)20(15-21)7-8-22-23(28)11-13-29(5)24(22)16-25-27(29)19(3)30(34-25)14-9-18(2)17-31-30/h7,18-19,21-25,27,31H,6,8-17H2,1-5H3. The molecule has 1 N–H and O–H groups in total. The summed E-state index contributed by atoms with van der Waals surface area (Å²) >= 11 is 0. The van der Waals surface area contributed by atoms with Crippen molar-refractivity contribution in [3.63, 3.8) is 0 Å². The molecule has 5 fully saturated rings. The molecule has 3 saturated carbocycles. The second-order valence-corrected chi connectivity index (χ2v) is 13.6. The Kier molecular flexibility index (Phi) is 5.58. The Morgan fingerprint density at radius 1 is 1.15 bits per heavy atom. The number of esters is 1. The van der Waals surface area contributed by atoms with E-state index in [0.29, 0.717) is 35.2 Å². The van der Waals surface area contributed by atoms with Gasteiger partial charge in [0.15, 0.2) is 0 Å². The minimum atomic E-state index is -0.0629. The van der Waals surface area contributed by atoms with Gasteiger partial charge in [-0.1, -0.05) is 46.3 Å². The Labute approximate surface area is 207 Å². The summed E-state index contributed by atoms with van der Waals surface area (Å²) in [5, 5.41) is 3.89. The molecule has 2 saturated heterocycles. The van der Waals surface area contributed by atoms with Crippen molar-refractivity contribution in [3.8, 4) is 0 Å². The minimum Gasteiger partial charge on any atom is -0.462 e. The molecule has 190 valence electrons. The quantitative estimate of drug-likeness (QED) is 0.384. The van der Waals surface area contributed by atoms with E-state index >= 15 is 0 Å². The number of ether oxygens (including phenoxy) is 2. The summed E-state index contributed by atoms with van der Waals surface area (Å²) < 4.78 is 12.8. The van der Waals surface area contributed by atoms with Crippen LogP contribution in [0.1, 0.15) is 98.8 Å². The highest BCUT2D eigenvalue weighted by Crippen LogP contribution is 2.70. The zero-order chi connectivity index (χ0) is 23.9. The molecular formula is C30H47NO3. The molecule has 6 aliphatic rings. The van der Waals surface area contributed by atoms with Crippen LogP contribution >= 0.6 is 0 Å². The monoisotopic (exact) mass is 469 g/mol. The fourth-order valence-electron chi connectivity index (χ4n) is 10.2. The molecule has 2 heterocycles. The maximum atomic E-state index is 11.9. The van der Waals surface area contributed by atoms with Crippen molar-refractivity contribution in [3.05, 3.63) is 11.6 Å². The molecule has 0 bridgehead atoms. The van der Waals surface area contributed by atoms with Crippen LogP contribution in [-0.2, 0) is 14.3 Å². The molecule has 2 aliphatic heterocycles. The number of rotatable bonds is 2. The van der Waals surface area contributed by atoms with E-state index in [1.165, 1.54) is 44.9 Å². The van der Waals surface area contributed by atoms with Crippen molar-refractivity contribution in [2.24, 2.45) is 46.3 Å². The fraction of sp³-hybridized carbons (Fsp3) is 0.900. The number of fused-ring (bicyclic) bond motifs is 7. The van der Waals surface area contributed by atoms with Gasteiger partial charge in [-0.3, -0.25) is 10.1 Å². The second-order valence-electron chi connectivity index (χ2n) is 13.6. The second kappa shape index (κ2) is 8.07. The molecule has 0 radical (unpaired) electrons. The van der Waals surface area contributed by atoms with Gasteiger partial charge in [0.1, 0.15) is 11.8 Å². The summed E-state index contributed by atoms with van der Waals surface area (Å²) in [6, 6.07) is 0. The molecule has 11 atom stereocenters. The maximum Gasteiger partial charge on any atom is 0.305 e. The first kappa shape index (κ1) is 23.5. The molecular weight excluding hydrogens is 422 g/mol. The van der Waals surface area contributed by atoms with Crippen molar-refractivity contribution in [2.45, 2.75) is 117 Å². The van der Waals surface area contributed by atoms with Gasteiger partial charge in [-0.25, -0.2) is 0 Å². The van der Waals surface area contributed by atoms with Gasteiger partial charge in [-0.15, -0.1) is 0 Å². The summed E-state index contributed by atoms with van der Waals surface area (Å²) in [7, 11) is 0. The third-order valence-corrected chi connectivity index (χ3v) is 12.1. The minimum absolute atomic E-state index is 0.0392. The van der Waals surface area contributed by atoms with Gasteiger partial charge in [0, 0.05) is 25.3 Å². The summed E-state index contributed by atoms with van der Waals surface area (Å²) in [5.74, 6) is 4.39. The summed E-state index contributed by atoms with van der Waals surface area (Å²) in [5.41, 5.74) is 2.24. The van der Waals surface area contributed by atoms with Crippen LogP contribution < -0.4 is 5.32 Å². The van der Waals surface area contributed by atoms with Crippen LogP contribution in [0.15, 0.2) is 11.6 Å². The van der Waals surface area contributed by atoms with Crippen LogP contribution in [0.3, 0.4) is 0 Å². The van der Waals surface area contributed by atoms with Crippen LogP contribution in [0, 0.1) is 46.3 Å². The number of carbonyl (C=O) groups excluding carboxylic acids is 1. The third kappa shape index (κ3) is 3.26. The highest BCUT2D eigenvalue weighted by atomic mass is 16.5. The average molecular weight is 470 g/mol. The molecule has 0 aromatic heterocycles. The van der Waals surface area contributed by atoms with Crippen molar-refractivity contribution >= 4 is 5.97 Å². The van der Waals surface area contributed by atoms with E-state index in [2.05, 4.69) is 39.1 Å². The number of hydrogen-bond donors (Lipinski definition) is 1. The summed E-state index contributed by atoms with van der Waals surface area (Å²) in [4.78, 5) is 11.9. The molecule has 6 rings (SSSR count). The Morgan fingerprint density at radius 2 is 1.97 bits per heavy atom. The van der Waals surface area contributed by atoms with Gasteiger partial charge in [-0.05, 0) is 91.8 Å². The Balaban J connectivity index is 1.22. The molecule has 4 nitrogen and oxygen atoms in total. The van der Waals surface area contributed by atoms with E-state index in [0.717, 1.165) is 43.1 Å². The molecule has 11 unspecified atom stereocenters. The third-order valence-electron chi connectivity index (χ3n) is 12.1. The zero-order valence-corrected chi connectivity index (χ0v) is 22.2. The van der Waals surface area contributed by atoms with Crippen LogP contribution in [0.4, 0.5) is 0 Å². The van der Waals surface area contributed by atoms with E-state index in [-0.39, 0.29) is 17.8 Å². The fourth-order valence-corrected chi connectivity index (χ4v) is 10.2. The number of nitrogens with one attached hydrogen (secondary N) is 1. The summed E-state index contributed by atoms with van der Waals surface area (Å²) in [6.45, 7) is 13.1. The van der Waals surface area contributed by atoms with Crippen molar-refractivity contribution in [1.29, 1.82) is 0 Å². The van der Waals surface area contributed by atoms with Crippen LogP contribution in [-0.4, -0.2) is 30.4 Å². The van der Waals surface area contributed by atoms with Crippen molar-refractivity contribution in [1.82, 2.24) is 5.32 Å². The molecule has 4 heteroatoms. The first-order chi connectivity index (χ1) is 16.2. The lowest BCUT2D eigenvalue weighted by Crippen LogP contribution is -2.57. The molecule has 0 amide bonds. The number of allylic oxidation sites excluding steroid dienone is 1. The summed E-state index contributed by atoms with van der Waals surface area (Å²) in [6.07, 6.45) is 14.5. The Morgan fingerprint density at radius 3 is 2.71 bits per heavy atom. The van der Waals surface area contributed by atoms with Gasteiger partial charge in [0.05, 0.1) is 6.10 Å². The zero-order valence-electron chi connectivity index (χ0n) is 22.2. The van der Waals surface area contributed by atoms with Gasteiger partial charge in [0.25, 0.3) is 0 Å². The van der Waals surface area contributed by atoms with Crippen molar-refractivity contribution in [2.75, 3.05) is 6.54 Å². The van der Waals surface area contributed by atoms with Crippen LogP contribution in [0.2, 0.25) is 0 Å². The first-order valence-electron chi connectivity index (χ1n) is 14.5. The average Bonchev–Trinajstić information content (AvgIpc) is 3.26. The first-order valence-corrected chi connectivity index (χ1v) is 14.5. The largest absolute Gasteiger partial charge is 0.462 e. The lowest BCUT2D eigenvalue weighted by Gasteiger charge is -2.58. The predicted molar refractivity (Wildman–Crippen MR) is 134 cm³/mol. The Bertz CT molecular complexity index is 859. The van der Waals surface area contributed by atoms with E-state index in [1.807, 2.05) is 6.92 Å². The van der Waals surface area contributed by atoms with Gasteiger partial charge in [-0.2, -0.15) is 0 Å². The molecule has 4 aliphatic carbocycles. The maximum absolute atomic E-state index is 11.9. The topological polar surface area (TPSA) is 47.6 Å². The molecule has 34 heavy (non-hydrogen) atoms. The van der Waals surface area contributed by atoms with Gasteiger partial charge >= 0.3 is 5.97 Å². The smallest absolute Gasteiger partial charge is 0.305 e. The van der Waals surface area contributed by atoms with Crippen molar-refractivity contribution < 1.29 is 14.3 Å². The van der Waals surface area contributed by atoms with Crippen LogP contribution in [0.5, 0.6) is 0 Å².